The molecule has 0 aliphatic carbocycles. The summed E-state index contributed by atoms with van der Waals surface area (Å²) >= 11 is 0. The van der Waals surface area contributed by atoms with Gasteiger partial charge in [0.15, 0.2) is 12.4 Å². The number of aromatic amines is 1. The smallest absolute Gasteiger partial charge is 0.338 e. The van der Waals surface area contributed by atoms with Crippen molar-refractivity contribution in [3.8, 4) is 0 Å². The average molecular weight is 287 g/mol. The minimum atomic E-state index is -0.522. The van der Waals surface area contributed by atoms with Crippen LogP contribution in [-0.4, -0.2) is 28.7 Å². The van der Waals surface area contributed by atoms with E-state index in [0.29, 0.717) is 11.4 Å². The molecule has 2 rings (SSSR count). The van der Waals surface area contributed by atoms with Crippen molar-refractivity contribution in [3.05, 3.63) is 46.6 Å². The summed E-state index contributed by atoms with van der Waals surface area (Å²) in [4.78, 5) is 23.5. The van der Waals surface area contributed by atoms with E-state index in [4.69, 9.17) is 4.74 Å². The molecule has 6 heteroatoms. The summed E-state index contributed by atoms with van der Waals surface area (Å²) in [6, 6.07) is 6.95. The molecule has 0 saturated heterocycles. The summed E-state index contributed by atoms with van der Waals surface area (Å²) in [6.45, 7) is 5.35. The van der Waals surface area contributed by atoms with E-state index in [9.17, 15) is 9.59 Å². The molecule has 1 aromatic heterocycles. The zero-order valence-electron chi connectivity index (χ0n) is 12.2. The van der Waals surface area contributed by atoms with Crippen LogP contribution in [0.3, 0.4) is 0 Å². The first-order valence-electron chi connectivity index (χ1n) is 6.52. The molecular formula is C15H17N3O3. The van der Waals surface area contributed by atoms with Gasteiger partial charge in [-0.1, -0.05) is 6.07 Å². The van der Waals surface area contributed by atoms with Crippen LogP contribution in [0.25, 0.3) is 0 Å². The number of esters is 1. The molecule has 0 fully saturated rings. The fourth-order valence-corrected chi connectivity index (χ4v) is 1.74. The number of nitrogens with one attached hydrogen (secondary N) is 2. The highest BCUT2D eigenvalue weighted by atomic mass is 16.5. The predicted molar refractivity (Wildman–Crippen MR) is 78.2 cm³/mol. The largest absolute Gasteiger partial charge is 0.452 e. The van der Waals surface area contributed by atoms with E-state index < -0.39 is 11.9 Å². The second-order valence-electron chi connectivity index (χ2n) is 4.86. The number of hydrogen-bond donors (Lipinski definition) is 2. The van der Waals surface area contributed by atoms with E-state index in [1.165, 1.54) is 0 Å². The van der Waals surface area contributed by atoms with E-state index in [-0.39, 0.29) is 6.61 Å². The number of hydrogen-bond acceptors (Lipinski definition) is 4. The number of carbonyl (C=O) groups is 2. The zero-order chi connectivity index (χ0) is 15.4. The Bertz CT molecular complexity index is 677. The molecule has 0 atom stereocenters. The van der Waals surface area contributed by atoms with Gasteiger partial charge in [-0.25, -0.2) is 4.79 Å². The van der Waals surface area contributed by atoms with Crippen LogP contribution in [0, 0.1) is 20.8 Å². The molecular weight excluding hydrogens is 270 g/mol. The van der Waals surface area contributed by atoms with Crippen LogP contribution in [0.2, 0.25) is 0 Å². The maximum atomic E-state index is 11.8. The molecule has 1 aromatic carbocycles. The molecule has 2 aromatic rings. The third-order valence-electron chi connectivity index (χ3n) is 3.05. The Hall–Kier alpha value is -2.63. The van der Waals surface area contributed by atoms with Gasteiger partial charge in [-0.3, -0.25) is 9.89 Å². The number of aromatic nitrogens is 2. The molecule has 0 spiro atoms. The minimum Gasteiger partial charge on any atom is -0.452 e. The number of anilines is 1. The maximum Gasteiger partial charge on any atom is 0.338 e. The Morgan fingerprint density at radius 2 is 1.95 bits per heavy atom. The normalized spacial score (nSPS) is 10.2. The van der Waals surface area contributed by atoms with Crippen molar-refractivity contribution >= 4 is 17.7 Å². The summed E-state index contributed by atoms with van der Waals surface area (Å²) in [5.74, 6) is -0.551. The highest BCUT2D eigenvalue weighted by molar-refractivity contribution is 5.95. The van der Waals surface area contributed by atoms with Crippen molar-refractivity contribution in [1.29, 1.82) is 0 Å². The van der Waals surface area contributed by atoms with Crippen molar-refractivity contribution in [2.45, 2.75) is 20.8 Å². The SMILES string of the molecule is Cc1cc(NC(=O)COC(=O)c2ccc(C)c(C)c2)n[nH]1. The van der Waals surface area contributed by atoms with Gasteiger partial charge in [-0.2, -0.15) is 5.10 Å². The fourth-order valence-electron chi connectivity index (χ4n) is 1.74. The lowest BCUT2D eigenvalue weighted by Crippen LogP contribution is -2.21. The van der Waals surface area contributed by atoms with Crippen molar-refractivity contribution in [2.75, 3.05) is 11.9 Å². The number of H-pyrrole nitrogens is 1. The molecule has 2 N–H and O–H groups in total. The first kappa shape index (κ1) is 14.8. The molecule has 1 heterocycles. The summed E-state index contributed by atoms with van der Waals surface area (Å²) in [5, 5.41) is 9.10. The first-order chi connectivity index (χ1) is 9.95. The molecule has 21 heavy (non-hydrogen) atoms. The first-order valence-corrected chi connectivity index (χ1v) is 6.52. The van der Waals surface area contributed by atoms with E-state index in [0.717, 1.165) is 16.8 Å². The standard InChI is InChI=1S/C15H17N3O3/c1-9-4-5-12(6-10(9)2)15(20)21-8-14(19)16-13-7-11(3)17-18-13/h4-7H,8H2,1-3H3,(H2,16,17,18,19). The molecule has 0 bridgehead atoms. The van der Waals surface area contributed by atoms with Gasteiger partial charge in [0.1, 0.15) is 0 Å². The third kappa shape index (κ3) is 3.92. The molecule has 110 valence electrons. The second-order valence-corrected chi connectivity index (χ2v) is 4.86. The topological polar surface area (TPSA) is 84.1 Å². The van der Waals surface area contributed by atoms with Crippen LogP contribution in [0.1, 0.15) is 27.2 Å². The summed E-state index contributed by atoms with van der Waals surface area (Å²) in [6.07, 6.45) is 0. The van der Waals surface area contributed by atoms with E-state index in [2.05, 4.69) is 15.5 Å². The number of nitrogens with zero attached hydrogens (tertiary/aromatic N) is 1. The van der Waals surface area contributed by atoms with Gasteiger partial charge in [-0.15, -0.1) is 0 Å². The van der Waals surface area contributed by atoms with E-state index in [1.807, 2.05) is 26.8 Å². The van der Waals surface area contributed by atoms with Gasteiger partial charge in [-0.05, 0) is 44.0 Å². The lowest BCUT2D eigenvalue weighted by molar-refractivity contribution is -0.119. The summed E-state index contributed by atoms with van der Waals surface area (Å²) in [7, 11) is 0. The molecule has 6 nitrogen and oxygen atoms in total. The molecule has 0 radical (unpaired) electrons. The van der Waals surface area contributed by atoms with Gasteiger partial charge < -0.3 is 10.1 Å². The van der Waals surface area contributed by atoms with Gasteiger partial charge in [0.2, 0.25) is 0 Å². The van der Waals surface area contributed by atoms with Crippen LogP contribution >= 0.6 is 0 Å². The Balaban J connectivity index is 1.88. The van der Waals surface area contributed by atoms with Crippen molar-refractivity contribution < 1.29 is 14.3 Å². The minimum absolute atomic E-state index is 0.350. The van der Waals surface area contributed by atoms with E-state index in [1.54, 1.807) is 18.2 Å². The van der Waals surface area contributed by atoms with Crippen LogP contribution in [0.5, 0.6) is 0 Å². The lowest BCUT2D eigenvalue weighted by Gasteiger charge is -2.06. The third-order valence-corrected chi connectivity index (χ3v) is 3.05. The molecule has 0 aliphatic heterocycles. The maximum absolute atomic E-state index is 11.8. The highest BCUT2D eigenvalue weighted by Gasteiger charge is 2.11. The monoisotopic (exact) mass is 287 g/mol. The van der Waals surface area contributed by atoms with Crippen LogP contribution in [-0.2, 0) is 9.53 Å². The molecule has 0 aliphatic rings. The van der Waals surface area contributed by atoms with Crippen molar-refractivity contribution in [3.63, 3.8) is 0 Å². The Morgan fingerprint density at radius 1 is 1.19 bits per heavy atom. The Labute approximate surface area is 122 Å². The lowest BCUT2D eigenvalue weighted by atomic mass is 10.1. The highest BCUT2D eigenvalue weighted by Crippen LogP contribution is 2.11. The molecule has 1 amide bonds. The zero-order valence-corrected chi connectivity index (χ0v) is 12.2. The van der Waals surface area contributed by atoms with Gasteiger partial charge >= 0.3 is 5.97 Å². The van der Waals surface area contributed by atoms with Crippen LogP contribution < -0.4 is 5.32 Å². The molecule has 0 saturated carbocycles. The van der Waals surface area contributed by atoms with Gasteiger partial charge in [0.05, 0.1) is 5.56 Å². The Kier molecular flexibility index (Phi) is 4.37. The van der Waals surface area contributed by atoms with Crippen LogP contribution in [0.15, 0.2) is 24.3 Å². The number of carbonyl (C=O) groups excluding carboxylic acids is 2. The number of ether oxygens (including phenoxy) is 1. The van der Waals surface area contributed by atoms with Gasteiger partial charge in [0, 0.05) is 11.8 Å². The fraction of sp³-hybridized carbons (Fsp3) is 0.267. The van der Waals surface area contributed by atoms with E-state index >= 15 is 0 Å². The number of aryl methyl sites for hydroxylation is 3. The van der Waals surface area contributed by atoms with Crippen LogP contribution in [0.4, 0.5) is 5.82 Å². The van der Waals surface area contributed by atoms with Crippen molar-refractivity contribution in [2.24, 2.45) is 0 Å². The average Bonchev–Trinajstić information content (AvgIpc) is 2.84. The predicted octanol–water partition coefficient (Wildman–Crippen LogP) is 2.13. The van der Waals surface area contributed by atoms with Crippen molar-refractivity contribution in [1.82, 2.24) is 10.2 Å². The second kappa shape index (κ2) is 6.21. The number of rotatable bonds is 4. The molecule has 0 unspecified atom stereocenters. The van der Waals surface area contributed by atoms with Gasteiger partial charge in [0.25, 0.3) is 5.91 Å². The Morgan fingerprint density at radius 3 is 2.57 bits per heavy atom. The summed E-state index contributed by atoms with van der Waals surface area (Å²) in [5.41, 5.74) is 3.36. The quantitative estimate of drug-likeness (QED) is 0.844. The summed E-state index contributed by atoms with van der Waals surface area (Å²) < 4.78 is 4.97. The number of amides is 1. The number of benzene rings is 1.